The van der Waals surface area contributed by atoms with Crippen LogP contribution < -0.4 is 5.73 Å². The number of carbonyl (C=O) groups excluding carboxylic acids is 1. The van der Waals surface area contributed by atoms with Crippen molar-refractivity contribution in [1.82, 2.24) is 0 Å². The standard InChI is InChI=1S/C14H21NO2.ClH/c1-14(2,3)11-7-5-10(6-8-11)9-12(15)13(16)17-4;/h5-8,12H,9,15H2,1-4H3;1H. The van der Waals surface area contributed by atoms with Crippen molar-refractivity contribution in [3.63, 3.8) is 0 Å². The van der Waals surface area contributed by atoms with Gasteiger partial charge in [-0.05, 0) is 23.0 Å². The van der Waals surface area contributed by atoms with Gasteiger partial charge in [-0.1, -0.05) is 45.0 Å². The molecule has 0 aliphatic carbocycles. The van der Waals surface area contributed by atoms with Crippen LogP contribution in [0.5, 0.6) is 0 Å². The molecule has 0 spiro atoms. The lowest BCUT2D eigenvalue weighted by molar-refractivity contribution is -0.142. The highest BCUT2D eigenvalue weighted by Gasteiger charge is 2.16. The van der Waals surface area contributed by atoms with E-state index in [1.165, 1.54) is 12.7 Å². The summed E-state index contributed by atoms with van der Waals surface area (Å²) in [6.45, 7) is 6.51. The van der Waals surface area contributed by atoms with Crippen LogP contribution in [0.1, 0.15) is 31.9 Å². The predicted molar refractivity (Wildman–Crippen MR) is 76.1 cm³/mol. The Balaban J connectivity index is 0.00000289. The van der Waals surface area contributed by atoms with E-state index in [4.69, 9.17) is 5.73 Å². The third kappa shape index (κ3) is 4.67. The van der Waals surface area contributed by atoms with E-state index in [1.54, 1.807) is 0 Å². The van der Waals surface area contributed by atoms with Gasteiger partial charge in [0.15, 0.2) is 0 Å². The average Bonchev–Trinajstić information content (AvgIpc) is 2.27. The minimum absolute atomic E-state index is 0. The number of hydrogen-bond donors (Lipinski definition) is 1. The number of halogens is 1. The van der Waals surface area contributed by atoms with Crippen LogP contribution >= 0.6 is 12.4 Å². The van der Waals surface area contributed by atoms with Crippen LogP contribution in [0.25, 0.3) is 0 Å². The SMILES string of the molecule is COC(=O)C(N)Cc1ccc(C(C)(C)C)cc1.Cl. The Kier molecular flexibility index (Phi) is 6.36. The van der Waals surface area contributed by atoms with Gasteiger partial charge in [-0.15, -0.1) is 12.4 Å². The normalized spacial score (nSPS) is 12.5. The molecule has 0 saturated heterocycles. The molecule has 0 radical (unpaired) electrons. The van der Waals surface area contributed by atoms with Gasteiger partial charge in [0.05, 0.1) is 7.11 Å². The summed E-state index contributed by atoms with van der Waals surface area (Å²) in [4.78, 5) is 11.2. The minimum atomic E-state index is -0.583. The largest absolute Gasteiger partial charge is 0.468 e. The lowest BCUT2D eigenvalue weighted by Gasteiger charge is -2.19. The third-order valence-electron chi connectivity index (χ3n) is 2.78. The van der Waals surface area contributed by atoms with Gasteiger partial charge in [-0.3, -0.25) is 4.79 Å². The molecule has 3 nitrogen and oxygen atoms in total. The number of ether oxygens (including phenoxy) is 1. The van der Waals surface area contributed by atoms with E-state index in [0.717, 1.165) is 5.56 Å². The predicted octanol–water partition coefficient (Wildman–Crippen LogP) is 2.45. The number of methoxy groups -OCH3 is 1. The molecule has 0 saturated carbocycles. The molecule has 0 heterocycles. The fourth-order valence-electron chi connectivity index (χ4n) is 1.63. The second-order valence-corrected chi connectivity index (χ2v) is 5.28. The smallest absolute Gasteiger partial charge is 0.322 e. The number of hydrogen-bond acceptors (Lipinski definition) is 3. The fraction of sp³-hybridized carbons (Fsp3) is 0.500. The molecule has 102 valence electrons. The van der Waals surface area contributed by atoms with Crippen molar-refractivity contribution in [3.8, 4) is 0 Å². The quantitative estimate of drug-likeness (QED) is 0.859. The summed E-state index contributed by atoms with van der Waals surface area (Å²) in [5, 5.41) is 0. The summed E-state index contributed by atoms with van der Waals surface area (Å²) in [6.07, 6.45) is 0.511. The zero-order valence-electron chi connectivity index (χ0n) is 11.4. The van der Waals surface area contributed by atoms with Gasteiger partial charge < -0.3 is 10.5 Å². The Hall–Kier alpha value is -1.06. The highest BCUT2D eigenvalue weighted by Crippen LogP contribution is 2.22. The molecule has 1 aromatic rings. The number of benzene rings is 1. The van der Waals surface area contributed by atoms with Gasteiger partial charge in [-0.2, -0.15) is 0 Å². The van der Waals surface area contributed by atoms with E-state index in [1.807, 2.05) is 12.1 Å². The monoisotopic (exact) mass is 271 g/mol. The molecule has 18 heavy (non-hydrogen) atoms. The van der Waals surface area contributed by atoms with E-state index in [9.17, 15) is 4.79 Å². The van der Waals surface area contributed by atoms with Gasteiger partial charge in [0.1, 0.15) is 6.04 Å². The number of esters is 1. The van der Waals surface area contributed by atoms with Crippen molar-refractivity contribution in [3.05, 3.63) is 35.4 Å². The maximum absolute atomic E-state index is 11.2. The molecule has 2 N–H and O–H groups in total. The molecule has 0 bridgehead atoms. The summed E-state index contributed by atoms with van der Waals surface area (Å²) in [5.74, 6) is -0.370. The zero-order chi connectivity index (χ0) is 13.1. The van der Waals surface area contributed by atoms with Crippen LogP contribution in [-0.4, -0.2) is 19.1 Å². The first-order valence-corrected chi connectivity index (χ1v) is 5.77. The summed E-state index contributed by atoms with van der Waals surface area (Å²) in [7, 11) is 1.35. The number of rotatable bonds is 3. The van der Waals surface area contributed by atoms with Gasteiger partial charge in [0, 0.05) is 0 Å². The van der Waals surface area contributed by atoms with Crippen molar-refractivity contribution < 1.29 is 9.53 Å². The summed E-state index contributed by atoms with van der Waals surface area (Å²) >= 11 is 0. The van der Waals surface area contributed by atoms with Crippen LogP contribution in [0.3, 0.4) is 0 Å². The van der Waals surface area contributed by atoms with Gasteiger partial charge in [0.2, 0.25) is 0 Å². The lowest BCUT2D eigenvalue weighted by Crippen LogP contribution is -2.33. The summed E-state index contributed by atoms with van der Waals surface area (Å²) < 4.78 is 4.60. The van der Waals surface area contributed by atoms with E-state index in [-0.39, 0.29) is 23.8 Å². The van der Waals surface area contributed by atoms with Crippen molar-refractivity contribution in [2.24, 2.45) is 5.73 Å². The van der Waals surface area contributed by atoms with Gasteiger partial charge >= 0.3 is 5.97 Å². The first-order valence-electron chi connectivity index (χ1n) is 5.77. The first kappa shape index (κ1) is 16.9. The zero-order valence-corrected chi connectivity index (χ0v) is 12.2. The minimum Gasteiger partial charge on any atom is -0.468 e. The van der Waals surface area contributed by atoms with E-state index in [0.29, 0.717) is 6.42 Å². The second kappa shape index (κ2) is 6.76. The number of nitrogens with two attached hydrogens (primary N) is 1. The lowest BCUT2D eigenvalue weighted by atomic mass is 9.86. The van der Waals surface area contributed by atoms with Gasteiger partial charge in [0.25, 0.3) is 0 Å². The Labute approximate surface area is 115 Å². The highest BCUT2D eigenvalue weighted by atomic mass is 35.5. The Morgan fingerprint density at radius 3 is 2.17 bits per heavy atom. The third-order valence-corrected chi connectivity index (χ3v) is 2.78. The van der Waals surface area contributed by atoms with Crippen molar-refractivity contribution in [1.29, 1.82) is 0 Å². The second-order valence-electron chi connectivity index (χ2n) is 5.28. The maximum atomic E-state index is 11.2. The molecular formula is C14H22ClNO2. The molecule has 0 fully saturated rings. The molecule has 0 aliphatic heterocycles. The molecule has 1 atom stereocenters. The van der Waals surface area contributed by atoms with E-state index < -0.39 is 6.04 Å². The summed E-state index contributed by atoms with van der Waals surface area (Å²) in [5.41, 5.74) is 8.17. The van der Waals surface area contributed by atoms with Crippen LogP contribution in [-0.2, 0) is 21.4 Å². The molecule has 4 heteroatoms. The van der Waals surface area contributed by atoms with Crippen LogP contribution in [0.2, 0.25) is 0 Å². The Morgan fingerprint density at radius 2 is 1.78 bits per heavy atom. The average molecular weight is 272 g/mol. The Bertz CT molecular complexity index is 382. The molecule has 1 unspecified atom stereocenters. The van der Waals surface area contributed by atoms with Crippen molar-refractivity contribution in [2.75, 3.05) is 7.11 Å². The molecule has 1 rings (SSSR count). The first-order chi connectivity index (χ1) is 7.84. The Morgan fingerprint density at radius 1 is 1.28 bits per heavy atom. The number of carbonyl (C=O) groups is 1. The molecular weight excluding hydrogens is 250 g/mol. The highest BCUT2D eigenvalue weighted by molar-refractivity contribution is 5.85. The molecule has 0 aromatic heterocycles. The van der Waals surface area contributed by atoms with Crippen molar-refractivity contribution >= 4 is 18.4 Å². The molecule has 1 aromatic carbocycles. The topological polar surface area (TPSA) is 52.3 Å². The maximum Gasteiger partial charge on any atom is 0.322 e. The fourth-order valence-corrected chi connectivity index (χ4v) is 1.63. The van der Waals surface area contributed by atoms with E-state index in [2.05, 4.69) is 37.6 Å². The van der Waals surface area contributed by atoms with Crippen LogP contribution in [0, 0.1) is 0 Å². The van der Waals surface area contributed by atoms with E-state index >= 15 is 0 Å². The van der Waals surface area contributed by atoms with Crippen LogP contribution in [0.4, 0.5) is 0 Å². The molecule has 0 aliphatic rings. The summed E-state index contributed by atoms with van der Waals surface area (Å²) in [6, 6.07) is 7.62. The van der Waals surface area contributed by atoms with Crippen molar-refractivity contribution in [2.45, 2.75) is 38.6 Å². The molecule has 0 amide bonds. The van der Waals surface area contributed by atoms with Gasteiger partial charge in [-0.25, -0.2) is 0 Å². The van der Waals surface area contributed by atoms with Crippen LogP contribution in [0.15, 0.2) is 24.3 Å².